The number of aliphatic hydroxyl groups is 1. The van der Waals surface area contributed by atoms with E-state index in [4.69, 9.17) is 9.57 Å². The minimum atomic E-state index is -1.89. The molecule has 1 heterocycles. The first-order valence-corrected chi connectivity index (χ1v) is 10.3. The average molecular weight is 430 g/mol. The third-order valence-electron chi connectivity index (χ3n) is 5.26. The smallest absolute Gasteiger partial charge is 0.407 e. The number of hydrogen-bond donors (Lipinski definition) is 2. The Morgan fingerprint density at radius 2 is 1.84 bits per heavy atom. The van der Waals surface area contributed by atoms with Crippen LogP contribution in [0.15, 0.2) is 42.5 Å². The van der Waals surface area contributed by atoms with Crippen molar-refractivity contribution in [3.05, 3.63) is 48.0 Å². The van der Waals surface area contributed by atoms with Crippen LogP contribution in [-0.2, 0) is 30.4 Å². The van der Waals surface area contributed by atoms with E-state index < -0.39 is 35.6 Å². The molecule has 1 saturated heterocycles. The van der Waals surface area contributed by atoms with E-state index in [0.29, 0.717) is 24.4 Å². The SMILES string of the molecule is O=C(NCCc1ccccc1)O[C@@H]1/C=C/CC[C@](O)(C(=O)ON2C(=O)CCC2=O)CC1. The third-order valence-corrected chi connectivity index (χ3v) is 5.26. The fraction of sp³-hybridized carbons (Fsp3) is 0.455. The molecule has 3 amide bonds. The number of carbonyl (C=O) groups excluding carboxylic acids is 4. The Labute approximate surface area is 180 Å². The number of alkyl carbamates (subject to hydrolysis) is 1. The van der Waals surface area contributed by atoms with Crippen molar-refractivity contribution < 1.29 is 33.9 Å². The van der Waals surface area contributed by atoms with Crippen molar-refractivity contribution in [1.29, 1.82) is 0 Å². The molecule has 3 rings (SSSR count). The predicted molar refractivity (Wildman–Crippen MR) is 108 cm³/mol. The summed E-state index contributed by atoms with van der Waals surface area (Å²) < 4.78 is 5.39. The lowest BCUT2D eigenvalue weighted by molar-refractivity contribution is -0.212. The van der Waals surface area contributed by atoms with Crippen LogP contribution in [-0.4, -0.2) is 52.3 Å². The van der Waals surface area contributed by atoms with Gasteiger partial charge in [0.25, 0.3) is 11.8 Å². The van der Waals surface area contributed by atoms with E-state index in [2.05, 4.69) is 5.32 Å². The zero-order valence-electron chi connectivity index (χ0n) is 17.1. The maximum absolute atomic E-state index is 12.5. The van der Waals surface area contributed by atoms with Crippen LogP contribution < -0.4 is 5.32 Å². The van der Waals surface area contributed by atoms with Gasteiger partial charge >= 0.3 is 12.1 Å². The molecule has 9 nitrogen and oxygen atoms in total. The summed E-state index contributed by atoms with van der Waals surface area (Å²) in [4.78, 5) is 52.8. The predicted octanol–water partition coefficient (Wildman–Crippen LogP) is 1.79. The van der Waals surface area contributed by atoms with Gasteiger partial charge in [-0.15, -0.1) is 5.06 Å². The summed E-state index contributed by atoms with van der Waals surface area (Å²) in [6.07, 6.45) is 3.35. The van der Waals surface area contributed by atoms with E-state index in [9.17, 15) is 24.3 Å². The number of amides is 3. The lowest BCUT2D eigenvalue weighted by Gasteiger charge is -2.29. The molecular formula is C22H26N2O7. The molecule has 0 bridgehead atoms. The van der Waals surface area contributed by atoms with E-state index in [-0.39, 0.29) is 32.1 Å². The average Bonchev–Trinajstić information content (AvgIpc) is 3.06. The molecule has 31 heavy (non-hydrogen) atoms. The van der Waals surface area contributed by atoms with Crippen molar-refractivity contribution in [2.24, 2.45) is 0 Å². The molecular weight excluding hydrogens is 404 g/mol. The maximum Gasteiger partial charge on any atom is 0.407 e. The molecule has 0 saturated carbocycles. The second kappa shape index (κ2) is 10.2. The fourth-order valence-corrected chi connectivity index (χ4v) is 3.43. The number of nitrogens with one attached hydrogen (secondary N) is 1. The first-order chi connectivity index (χ1) is 14.9. The van der Waals surface area contributed by atoms with Crippen molar-refractivity contribution in [2.75, 3.05) is 6.54 Å². The van der Waals surface area contributed by atoms with Gasteiger partial charge in [0, 0.05) is 19.4 Å². The van der Waals surface area contributed by atoms with E-state index in [1.807, 2.05) is 30.3 Å². The van der Waals surface area contributed by atoms with Crippen LogP contribution >= 0.6 is 0 Å². The molecule has 166 valence electrons. The van der Waals surface area contributed by atoms with Gasteiger partial charge in [-0.05, 0) is 43.7 Å². The number of benzene rings is 1. The number of allylic oxidation sites excluding steroid dienone is 1. The number of carbonyl (C=O) groups is 4. The highest BCUT2D eigenvalue weighted by molar-refractivity contribution is 6.01. The summed E-state index contributed by atoms with van der Waals surface area (Å²) in [6, 6.07) is 9.70. The molecule has 1 aliphatic carbocycles. The van der Waals surface area contributed by atoms with Gasteiger partial charge in [0.2, 0.25) is 0 Å². The molecule has 1 fully saturated rings. The summed E-state index contributed by atoms with van der Waals surface area (Å²) in [7, 11) is 0. The van der Waals surface area contributed by atoms with Crippen LogP contribution in [0.5, 0.6) is 0 Å². The molecule has 0 radical (unpaired) electrons. The maximum atomic E-state index is 12.5. The number of rotatable bonds is 6. The highest BCUT2D eigenvalue weighted by Gasteiger charge is 2.42. The van der Waals surface area contributed by atoms with Gasteiger partial charge in [-0.1, -0.05) is 36.4 Å². The first-order valence-electron chi connectivity index (χ1n) is 10.3. The van der Waals surface area contributed by atoms with Crippen molar-refractivity contribution in [3.63, 3.8) is 0 Å². The van der Waals surface area contributed by atoms with Gasteiger partial charge in [-0.2, -0.15) is 0 Å². The molecule has 2 aliphatic rings. The van der Waals surface area contributed by atoms with E-state index >= 15 is 0 Å². The molecule has 0 unspecified atom stereocenters. The summed E-state index contributed by atoms with van der Waals surface area (Å²) >= 11 is 0. The van der Waals surface area contributed by atoms with Crippen molar-refractivity contribution in [3.8, 4) is 0 Å². The normalized spacial score (nSPS) is 24.8. The largest absolute Gasteiger partial charge is 0.442 e. The quantitative estimate of drug-likeness (QED) is 0.521. The molecule has 1 aromatic rings. The molecule has 1 aliphatic heterocycles. The summed E-state index contributed by atoms with van der Waals surface area (Å²) in [6.45, 7) is 0.410. The number of ether oxygens (including phenoxy) is 1. The Hall–Kier alpha value is -3.20. The number of hydrogen-bond acceptors (Lipinski definition) is 7. The van der Waals surface area contributed by atoms with E-state index in [0.717, 1.165) is 5.56 Å². The molecule has 1 aromatic carbocycles. The van der Waals surface area contributed by atoms with Gasteiger partial charge in [0.15, 0.2) is 5.60 Å². The van der Waals surface area contributed by atoms with Crippen LogP contribution in [0.25, 0.3) is 0 Å². The number of imide groups is 1. The summed E-state index contributed by atoms with van der Waals surface area (Å²) in [5.41, 5.74) is -0.800. The Balaban J connectivity index is 1.49. The summed E-state index contributed by atoms with van der Waals surface area (Å²) in [5.74, 6) is -2.28. The van der Waals surface area contributed by atoms with Gasteiger partial charge in [0.1, 0.15) is 6.10 Å². The van der Waals surface area contributed by atoms with Gasteiger partial charge < -0.3 is 20.0 Å². The van der Waals surface area contributed by atoms with E-state index in [1.54, 1.807) is 12.2 Å². The lowest BCUT2D eigenvalue weighted by atomic mass is 9.88. The molecule has 2 atom stereocenters. The molecule has 2 N–H and O–H groups in total. The lowest BCUT2D eigenvalue weighted by Crippen LogP contribution is -2.46. The Bertz CT molecular complexity index is 839. The van der Waals surface area contributed by atoms with Crippen molar-refractivity contribution in [1.82, 2.24) is 10.4 Å². The highest BCUT2D eigenvalue weighted by atomic mass is 16.7. The minimum absolute atomic E-state index is 0.0252. The zero-order valence-corrected chi connectivity index (χ0v) is 17.1. The minimum Gasteiger partial charge on any atom is -0.442 e. The Kier molecular flexibility index (Phi) is 7.41. The third kappa shape index (κ3) is 6.14. The van der Waals surface area contributed by atoms with Crippen LogP contribution in [0.3, 0.4) is 0 Å². The second-order valence-corrected chi connectivity index (χ2v) is 7.60. The molecule has 0 aromatic heterocycles. The topological polar surface area (TPSA) is 122 Å². The fourth-order valence-electron chi connectivity index (χ4n) is 3.43. The summed E-state index contributed by atoms with van der Waals surface area (Å²) in [5, 5.41) is 13.9. The van der Waals surface area contributed by atoms with Crippen molar-refractivity contribution >= 4 is 23.9 Å². The second-order valence-electron chi connectivity index (χ2n) is 7.60. The monoisotopic (exact) mass is 430 g/mol. The number of hydroxylamine groups is 2. The van der Waals surface area contributed by atoms with Gasteiger partial charge in [-0.3, -0.25) is 9.59 Å². The van der Waals surface area contributed by atoms with Crippen molar-refractivity contribution in [2.45, 2.75) is 56.7 Å². The first kappa shape index (κ1) is 22.5. The van der Waals surface area contributed by atoms with Gasteiger partial charge in [-0.25, -0.2) is 9.59 Å². The zero-order chi connectivity index (χ0) is 22.3. The van der Waals surface area contributed by atoms with E-state index in [1.165, 1.54) is 0 Å². The Morgan fingerprint density at radius 1 is 1.13 bits per heavy atom. The Morgan fingerprint density at radius 3 is 2.55 bits per heavy atom. The molecule has 0 spiro atoms. The van der Waals surface area contributed by atoms with Crippen LogP contribution in [0.2, 0.25) is 0 Å². The highest BCUT2D eigenvalue weighted by Crippen LogP contribution is 2.27. The van der Waals surface area contributed by atoms with Crippen LogP contribution in [0.1, 0.15) is 44.1 Å². The van der Waals surface area contributed by atoms with Gasteiger partial charge in [0.05, 0.1) is 0 Å². The standard InChI is InChI=1S/C22H26N2O7/c25-18-9-10-19(26)24(18)31-20(27)22(29)13-5-4-8-17(11-14-22)30-21(28)23-15-12-16-6-2-1-3-7-16/h1-4,6-8,17,29H,5,9-15H2,(H,23,28)/b8-4+/t17-,22-/m1/s1. The molecule has 9 heteroatoms. The van der Waals surface area contributed by atoms with Crippen LogP contribution in [0.4, 0.5) is 4.79 Å². The number of nitrogens with zero attached hydrogens (tertiary/aromatic N) is 1. The van der Waals surface area contributed by atoms with Crippen LogP contribution in [0, 0.1) is 0 Å².